The quantitative estimate of drug-likeness (QED) is 0.628. The molecule has 6 heteroatoms. The number of aromatic nitrogens is 2. The molecule has 0 aromatic carbocycles. The first-order valence-electron chi connectivity index (χ1n) is 6.20. The average molecular weight is 294 g/mol. The molecule has 0 spiro atoms. The molecule has 2 rings (SSSR count). The third kappa shape index (κ3) is 4.68. The fourth-order valence-corrected chi connectivity index (χ4v) is 1.72. The normalized spacial score (nSPS) is 10.3. The van der Waals surface area contributed by atoms with E-state index in [-0.39, 0.29) is 0 Å². The largest absolute Gasteiger partial charge is 0.475 e. The van der Waals surface area contributed by atoms with Gasteiger partial charge in [0.05, 0.1) is 6.61 Å². The topological polar surface area (TPSA) is 56.3 Å². The predicted molar refractivity (Wildman–Crippen MR) is 78.2 cm³/mol. The summed E-state index contributed by atoms with van der Waals surface area (Å²) >= 11 is 5.82. The Kier molecular flexibility index (Phi) is 5.58. The molecule has 106 valence electrons. The fraction of sp³-hybridized carbons (Fsp3) is 0.286. The van der Waals surface area contributed by atoms with Crippen molar-refractivity contribution in [2.24, 2.45) is 0 Å². The summed E-state index contributed by atoms with van der Waals surface area (Å²) in [6.45, 7) is 1.70. The van der Waals surface area contributed by atoms with E-state index >= 15 is 0 Å². The Labute approximate surface area is 122 Å². The maximum absolute atomic E-state index is 5.82. The van der Waals surface area contributed by atoms with E-state index in [4.69, 9.17) is 21.1 Å². The van der Waals surface area contributed by atoms with Crippen LogP contribution in [0.15, 0.2) is 36.7 Å². The minimum Gasteiger partial charge on any atom is -0.475 e. The Morgan fingerprint density at radius 2 is 2.10 bits per heavy atom. The molecule has 0 unspecified atom stereocenters. The number of halogens is 1. The molecule has 0 fully saturated rings. The molecule has 0 aliphatic heterocycles. The van der Waals surface area contributed by atoms with Crippen molar-refractivity contribution in [3.8, 4) is 5.88 Å². The number of nitrogens with zero attached hydrogens (tertiary/aromatic N) is 2. The second-order valence-corrected chi connectivity index (χ2v) is 4.45. The Bertz CT molecular complexity index is 534. The van der Waals surface area contributed by atoms with Crippen molar-refractivity contribution >= 4 is 17.3 Å². The molecule has 0 aliphatic carbocycles. The van der Waals surface area contributed by atoms with Crippen LogP contribution in [0.25, 0.3) is 0 Å². The number of methoxy groups -OCH3 is 1. The van der Waals surface area contributed by atoms with E-state index in [2.05, 4.69) is 15.3 Å². The Hall–Kier alpha value is -1.85. The molecule has 0 saturated heterocycles. The summed E-state index contributed by atoms with van der Waals surface area (Å²) in [5, 5.41) is 3.72. The average Bonchev–Trinajstić information content (AvgIpc) is 2.47. The molecule has 0 amide bonds. The van der Waals surface area contributed by atoms with Crippen molar-refractivity contribution < 1.29 is 9.47 Å². The van der Waals surface area contributed by atoms with E-state index in [1.54, 1.807) is 25.6 Å². The van der Waals surface area contributed by atoms with Crippen LogP contribution < -0.4 is 10.1 Å². The highest BCUT2D eigenvalue weighted by molar-refractivity contribution is 6.29. The first-order valence-corrected chi connectivity index (χ1v) is 6.58. The lowest BCUT2D eigenvalue weighted by Crippen LogP contribution is -2.06. The molecule has 2 aromatic rings. The van der Waals surface area contributed by atoms with Gasteiger partial charge in [0, 0.05) is 37.8 Å². The smallest absolute Gasteiger partial charge is 0.213 e. The van der Waals surface area contributed by atoms with Crippen molar-refractivity contribution in [3.63, 3.8) is 0 Å². The zero-order valence-corrected chi connectivity index (χ0v) is 11.9. The van der Waals surface area contributed by atoms with Crippen molar-refractivity contribution in [3.05, 3.63) is 47.4 Å². The van der Waals surface area contributed by atoms with E-state index in [1.807, 2.05) is 18.2 Å². The molecule has 5 nitrogen and oxygen atoms in total. The number of ether oxygens (including phenoxy) is 2. The van der Waals surface area contributed by atoms with Crippen LogP contribution in [-0.4, -0.2) is 30.3 Å². The van der Waals surface area contributed by atoms with E-state index in [1.165, 1.54) is 0 Å². The van der Waals surface area contributed by atoms with Crippen molar-refractivity contribution in [1.29, 1.82) is 0 Å². The molecular formula is C14H16ClN3O2. The van der Waals surface area contributed by atoms with Crippen LogP contribution in [0.4, 0.5) is 5.69 Å². The zero-order chi connectivity index (χ0) is 14.2. The second-order valence-electron chi connectivity index (χ2n) is 4.07. The Morgan fingerprint density at radius 3 is 2.80 bits per heavy atom. The van der Waals surface area contributed by atoms with Gasteiger partial charge >= 0.3 is 0 Å². The van der Waals surface area contributed by atoms with Gasteiger partial charge in [-0.05, 0) is 17.7 Å². The lowest BCUT2D eigenvalue weighted by molar-refractivity contribution is 0.143. The van der Waals surface area contributed by atoms with Crippen LogP contribution in [0.1, 0.15) is 5.56 Å². The van der Waals surface area contributed by atoms with Crippen LogP contribution in [0.3, 0.4) is 0 Å². The first-order chi connectivity index (χ1) is 9.78. The van der Waals surface area contributed by atoms with Gasteiger partial charge in [-0.3, -0.25) is 0 Å². The number of hydrogen-bond acceptors (Lipinski definition) is 5. The molecule has 0 aliphatic rings. The predicted octanol–water partition coefficient (Wildman–Crippen LogP) is 2.77. The molecule has 1 N–H and O–H groups in total. The third-order valence-electron chi connectivity index (χ3n) is 2.56. The van der Waals surface area contributed by atoms with Crippen molar-refractivity contribution in [2.75, 3.05) is 25.6 Å². The van der Waals surface area contributed by atoms with Crippen LogP contribution >= 0.6 is 11.6 Å². The van der Waals surface area contributed by atoms with Gasteiger partial charge in [0.25, 0.3) is 0 Å². The van der Waals surface area contributed by atoms with Gasteiger partial charge in [0.15, 0.2) is 0 Å². The molecule has 2 heterocycles. The standard InChI is InChI=1S/C14H16ClN3O2/c1-19-6-7-20-14-3-2-11(10-18-14)9-17-12-4-5-16-13(15)8-12/h2-5,8,10H,6-7,9H2,1H3,(H,16,17). The third-order valence-corrected chi connectivity index (χ3v) is 2.76. The van der Waals surface area contributed by atoms with E-state index in [0.29, 0.717) is 30.8 Å². The van der Waals surface area contributed by atoms with Gasteiger partial charge in [-0.1, -0.05) is 17.7 Å². The van der Waals surface area contributed by atoms with Crippen LogP contribution in [0, 0.1) is 0 Å². The number of hydrogen-bond donors (Lipinski definition) is 1. The molecule has 0 bridgehead atoms. The van der Waals surface area contributed by atoms with E-state index in [0.717, 1.165) is 11.3 Å². The summed E-state index contributed by atoms with van der Waals surface area (Å²) in [5.74, 6) is 0.595. The van der Waals surface area contributed by atoms with Gasteiger partial charge in [0.1, 0.15) is 11.8 Å². The zero-order valence-electron chi connectivity index (χ0n) is 11.2. The summed E-state index contributed by atoms with van der Waals surface area (Å²) in [7, 11) is 1.64. The Morgan fingerprint density at radius 1 is 1.20 bits per heavy atom. The summed E-state index contributed by atoms with van der Waals surface area (Å²) in [5.41, 5.74) is 1.97. The van der Waals surface area contributed by atoms with Crippen molar-refractivity contribution in [1.82, 2.24) is 9.97 Å². The maximum Gasteiger partial charge on any atom is 0.213 e. The molecular weight excluding hydrogens is 278 g/mol. The number of rotatable bonds is 7. The van der Waals surface area contributed by atoms with Crippen LogP contribution in [0.2, 0.25) is 5.15 Å². The minimum atomic E-state index is 0.468. The van der Waals surface area contributed by atoms with Gasteiger partial charge < -0.3 is 14.8 Å². The molecule has 0 atom stereocenters. The lowest BCUT2D eigenvalue weighted by Gasteiger charge is -2.08. The fourth-order valence-electron chi connectivity index (χ4n) is 1.55. The summed E-state index contributed by atoms with van der Waals surface area (Å²) in [6, 6.07) is 7.44. The highest BCUT2D eigenvalue weighted by Crippen LogP contribution is 2.14. The highest BCUT2D eigenvalue weighted by Gasteiger charge is 1.98. The molecule has 0 radical (unpaired) electrons. The van der Waals surface area contributed by atoms with E-state index in [9.17, 15) is 0 Å². The number of anilines is 1. The number of nitrogens with one attached hydrogen (secondary N) is 1. The Balaban J connectivity index is 1.84. The highest BCUT2D eigenvalue weighted by atomic mass is 35.5. The summed E-state index contributed by atoms with van der Waals surface area (Å²) in [4.78, 5) is 8.15. The SMILES string of the molecule is COCCOc1ccc(CNc2ccnc(Cl)c2)cn1. The van der Waals surface area contributed by atoms with E-state index < -0.39 is 0 Å². The van der Waals surface area contributed by atoms with Gasteiger partial charge in [-0.2, -0.15) is 0 Å². The first kappa shape index (κ1) is 14.6. The van der Waals surface area contributed by atoms with Gasteiger partial charge in [0.2, 0.25) is 5.88 Å². The summed E-state index contributed by atoms with van der Waals surface area (Å²) < 4.78 is 10.3. The lowest BCUT2D eigenvalue weighted by atomic mass is 10.3. The second kappa shape index (κ2) is 7.67. The molecule has 2 aromatic heterocycles. The molecule has 0 saturated carbocycles. The van der Waals surface area contributed by atoms with Gasteiger partial charge in [-0.15, -0.1) is 0 Å². The summed E-state index contributed by atoms with van der Waals surface area (Å²) in [6.07, 6.45) is 3.44. The van der Waals surface area contributed by atoms with Gasteiger partial charge in [-0.25, -0.2) is 9.97 Å². The van der Waals surface area contributed by atoms with Crippen LogP contribution in [-0.2, 0) is 11.3 Å². The van der Waals surface area contributed by atoms with Crippen LogP contribution in [0.5, 0.6) is 5.88 Å². The molecule has 20 heavy (non-hydrogen) atoms. The maximum atomic E-state index is 5.82. The van der Waals surface area contributed by atoms with Crippen molar-refractivity contribution in [2.45, 2.75) is 6.54 Å². The minimum absolute atomic E-state index is 0.468. The monoisotopic (exact) mass is 293 g/mol. The number of pyridine rings is 2.